The molecule has 5 rings (SSSR count). The summed E-state index contributed by atoms with van der Waals surface area (Å²) in [5, 5.41) is 24.4. The summed E-state index contributed by atoms with van der Waals surface area (Å²) in [7, 11) is 0. The van der Waals surface area contributed by atoms with Gasteiger partial charge in [-0.2, -0.15) is 5.10 Å². The zero-order chi connectivity index (χ0) is 29.1. The van der Waals surface area contributed by atoms with E-state index >= 15 is 0 Å². The first-order valence-electron chi connectivity index (χ1n) is 13.8. The highest BCUT2D eigenvalue weighted by molar-refractivity contribution is 6.07. The normalized spacial score (nSPS) is 15.3. The molecule has 1 atom stereocenters. The van der Waals surface area contributed by atoms with E-state index in [1.165, 1.54) is 0 Å². The van der Waals surface area contributed by atoms with Gasteiger partial charge in [0.25, 0.3) is 0 Å². The van der Waals surface area contributed by atoms with Crippen molar-refractivity contribution in [1.82, 2.24) is 14.6 Å². The van der Waals surface area contributed by atoms with E-state index in [1.807, 2.05) is 61.5 Å². The molecule has 41 heavy (non-hydrogen) atoms. The lowest BCUT2D eigenvalue weighted by molar-refractivity contribution is -0.145. The van der Waals surface area contributed by atoms with Crippen molar-refractivity contribution in [1.29, 1.82) is 0 Å². The molecule has 210 valence electrons. The smallest absolute Gasteiger partial charge is 0.336 e. The number of aromatic nitrogens is 2. The molecular weight excluding hydrogens is 520 g/mol. The number of carbonyl (C=O) groups is 3. The molecular formula is C32H32N4O5. The maximum atomic E-state index is 12.3. The fourth-order valence-corrected chi connectivity index (χ4v) is 5.38. The van der Waals surface area contributed by atoms with Crippen LogP contribution in [0, 0.1) is 5.92 Å². The van der Waals surface area contributed by atoms with Crippen LogP contribution in [0.4, 0.5) is 0 Å². The molecule has 0 saturated heterocycles. The van der Waals surface area contributed by atoms with E-state index in [0.29, 0.717) is 17.8 Å². The summed E-state index contributed by atoms with van der Waals surface area (Å²) in [5.41, 5.74) is 5.95. The molecule has 0 spiro atoms. The van der Waals surface area contributed by atoms with Crippen molar-refractivity contribution < 1.29 is 24.6 Å². The van der Waals surface area contributed by atoms with Crippen LogP contribution in [-0.4, -0.2) is 54.9 Å². The van der Waals surface area contributed by atoms with Crippen molar-refractivity contribution in [3.8, 4) is 11.1 Å². The fraction of sp³-hybridized carbons (Fsp3) is 0.281. The fourth-order valence-electron chi connectivity index (χ4n) is 5.38. The van der Waals surface area contributed by atoms with E-state index in [1.54, 1.807) is 12.1 Å². The average molecular weight is 553 g/mol. The number of hydrogen-bond donors (Lipinski definition) is 2. The van der Waals surface area contributed by atoms with Crippen LogP contribution in [-0.2, 0) is 22.6 Å². The van der Waals surface area contributed by atoms with Gasteiger partial charge in [-0.05, 0) is 41.3 Å². The van der Waals surface area contributed by atoms with Gasteiger partial charge in [0.05, 0.1) is 22.3 Å². The van der Waals surface area contributed by atoms with Crippen molar-refractivity contribution in [2.24, 2.45) is 11.0 Å². The summed E-state index contributed by atoms with van der Waals surface area (Å²) >= 11 is 0. The molecule has 0 fully saturated rings. The number of unbranched alkanes of at least 4 members (excludes halogenated alkanes) is 1. The number of rotatable bonds is 10. The zero-order valence-corrected chi connectivity index (χ0v) is 23.1. The predicted octanol–water partition coefficient (Wildman–Crippen LogP) is 5.45. The van der Waals surface area contributed by atoms with Gasteiger partial charge < -0.3 is 14.8 Å². The first-order chi connectivity index (χ1) is 19.8. The Bertz CT molecular complexity index is 1670. The van der Waals surface area contributed by atoms with Crippen molar-refractivity contribution >= 4 is 34.6 Å². The number of fused-ring (bicyclic) bond motifs is 1. The Morgan fingerprint density at radius 1 is 1.00 bits per heavy atom. The van der Waals surface area contributed by atoms with Gasteiger partial charge >= 0.3 is 11.9 Å². The third-order valence-corrected chi connectivity index (χ3v) is 7.42. The Morgan fingerprint density at radius 2 is 1.73 bits per heavy atom. The minimum Gasteiger partial charge on any atom is -0.480 e. The van der Waals surface area contributed by atoms with Crippen LogP contribution in [0.3, 0.4) is 0 Å². The second-order valence-electron chi connectivity index (χ2n) is 10.4. The molecule has 2 N–H and O–H groups in total. The molecule has 2 heterocycles. The van der Waals surface area contributed by atoms with Crippen LogP contribution in [0.5, 0.6) is 0 Å². The lowest BCUT2D eigenvalue weighted by Gasteiger charge is -2.26. The molecule has 1 amide bonds. The quantitative estimate of drug-likeness (QED) is 0.270. The summed E-state index contributed by atoms with van der Waals surface area (Å²) in [6, 6.07) is 20.8. The molecule has 0 aliphatic carbocycles. The lowest BCUT2D eigenvalue weighted by atomic mass is 9.93. The molecule has 9 nitrogen and oxygen atoms in total. The standard InChI is InChI=1S/C32H32N4O5/c1-3-4-13-28-33-26-17-21(31-20(2)16-29(37)36(34-31)19-30(38)39)14-15-27(26)35(28)18-22-9-5-6-10-23(22)24-11-7-8-12-25(24)32(40)41/h5-12,14-15,17,20H,3-4,13,16,18-19H2,1-2H3,(H,38,39)(H,40,41). The minimum absolute atomic E-state index is 0.159. The van der Waals surface area contributed by atoms with E-state index in [-0.39, 0.29) is 23.8 Å². The number of carboxylic acid groups (broad SMARTS) is 2. The van der Waals surface area contributed by atoms with Gasteiger partial charge in [0, 0.05) is 30.9 Å². The van der Waals surface area contributed by atoms with Crippen molar-refractivity contribution in [3.05, 3.63) is 89.2 Å². The van der Waals surface area contributed by atoms with Crippen LogP contribution in [0.1, 0.15) is 60.4 Å². The Labute approximate surface area is 237 Å². The third kappa shape index (κ3) is 5.75. The molecule has 1 aliphatic heterocycles. The van der Waals surface area contributed by atoms with Crippen molar-refractivity contribution in [3.63, 3.8) is 0 Å². The lowest BCUT2D eigenvalue weighted by Crippen LogP contribution is -2.39. The van der Waals surface area contributed by atoms with Crippen molar-refractivity contribution in [2.45, 2.75) is 46.1 Å². The highest BCUT2D eigenvalue weighted by atomic mass is 16.4. The van der Waals surface area contributed by atoms with E-state index in [2.05, 4.69) is 16.6 Å². The number of carbonyl (C=O) groups excluding carboxylic acids is 1. The van der Waals surface area contributed by atoms with Crippen LogP contribution in [0.2, 0.25) is 0 Å². The monoisotopic (exact) mass is 552 g/mol. The predicted molar refractivity (Wildman–Crippen MR) is 156 cm³/mol. The Balaban J connectivity index is 1.58. The SMILES string of the molecule is CCCCc1nc2cc(C3=NN(CC(=O)O)C(=O)CC3C)ccc2n1Cc1ccccc1-c1ccccc1C(=O)O. The number of aryl methyl sites for hydroxylation is 1. The molecule has 0 radical (unpaired) electrons. The zero-order valence-electron chi connectivity index (χ0n) is 23.1. The third-order valence-electron chi connectivity index (χ3n) is 7.42. The van der Waals surface area contributed by atoms with Gasteiger partial charge in [0.2, 0.25) is 5.91 Å². The maximum Gasteiger partial charge on any atom is 0.336 e. The van der Waals surface area contributed by atoms with Gasteiger partial charge in [0.1, 0.15) is 12.4 Å². The topological polar surface area (TPSA) is 125 Å². The number of nitrogens with zero attached hydrogens (tertiary/aromatic N) is 4. The second kappa shape index (κ2) is 11.8. The maximum absolute atomic E-state index is 12.3. The number of amides is 1. The number of hydrazone groups is 1. The molecule has 0 saturated carbocycles. The number of aliphatic carboxylic acids is 1. The number of aromatic carboxylic acids is 1. The molecule has 1 aromatic heterocycles. The van der Waals surface area contributed by atoms with Crippen LogP contribution < -0.4 is 0 Å². The summed E-state index contributed by atoms with van der Waals surface area (Å²) in [6.45, 7) is 4.08. The van der Waals surface area contributed by atoms with E-state index in [0.717, 1.165) is 57.8 Å². The van der Waals surface area contributed by atoms with Gasteiger partial charge in [-0.25, -0.2) is 14.8 Å². The number of carboxylic acids is 2. The first kappa shape index (κ1) is 27.8. The molecule has 3 aromatic carbocycles. The summed E-state index contributed by atoms with van der Waals surface area (Å²) < 4.78 is 2.18. The number of hydrogen-bond acceptors (Lipinski definition) is 5. The Morgan fingerprint density at radius 3 is 2.46 bits per heavy atom. The Hall–Kier alpha value is -4.79. The Kier molecular flexibility index (Phi) is 7.96. The van der Waals surface area contributed by atoms with Gasteiger partial charge in [0.15, 0.2) is 0 Å². The molecule has 1 aliphatic rings. The van der Waals surface area contributed by atoms with Crippen LogP contribution in [0.25, 0.3) is 22.2 Å². The van der Waals surface area contributed by atoms with Crippen LogP contribution in [0.15, 0.2) is 71.8 Å². The van der Waals surface area contributed by atoms with Gasteiger partial charge in [-0.1, -0.05) is 68.8 Å². The van der Waals surface area contributed by atoms with Gasteiger partial charge in [-0.15, -0.1) is 0 Å². The van der Waals surface area contributed by atoms with Crippen molar-refractivity contribution in [2.75, 3.05) is 6.54 Å². The average Bonchev–Trinajstić information content (AvgIpc) is 3.29. The van der Waals surface area contributed by atoms with E-state index in [4.69, 9.17) is 4.98 Å². The van der Waals surface area contributed by atoms with Crippen LogP contribution >= 0.6 is 0 Å². The number of benzene rings is 3. The van der Waals surface area contributed by atoms with E-state index in [9.17, 15) is 24.6 Å². The minimum atomic E-state index is -1.11. The largest absolute Gasteiger partial charge is 0.480 e. The summed E-state index contributed by atoms with van der Waals surface area (Å²) in [5.74, 6) is -1.62. The van der Waals surface area contributed by atoms with Gasteiger partial charge in [-0.3, -0.25) is 9.59 Å². The highest BCUT2D eigenvalue weighted by Crippen LogP contribution is 2.30. The second-order valence-corrected chi connectivity index (χ2v) is 10.4. The molecule has 1 unspecified atom stereocenters. The molecule has 4 aromatic rings. The molecule has 9 heteroatoms. The highest BCUT2D eigenvalue weighted by Gasteiger charge is 2.29. The first-order valence-corrected chi connectivity index (χ1v) is 13.8. The van der Waals surface area contributed by atoms with E-state index < -0.39 is 18.5 Å². The molecule has 0 bridgehead atoms. The summed E-state index contributed by atoms with van der Waals surface area (Å²) in [6.07, 6.45) is 2.95. The summed E-state index contributed by atoms with van der Waals surface area (Å²) in [4.78, 5) is 40.6. The number of imidazole rings is 1.